The maximum Gasteiger partial charge on any atom is 0.264 e. The first kappa shape index (κ1) is 31.7. The Hall–Kier alpha value is -3.27. The molecular formula is C31H35Cl2N3O5S. The number of ether oxygens (including phenoxy) is 1. The summed E-state index contributed by atoms with van der Waals surface area (Å²) in [5.41, 5.74) is 1.56. The van der Waals surface area contributed by atoms with E-state index in [4.69, 9.17) is 27.9 Å². The molecule has 0 aromatic heterocycles. The van der Waals surface area contributed by atoms with Crippen LogP contribution in [0, 0.1) is 6.92 Å². The fraction of sp³-hybridized carbons (Fsp3) is 0.355. The first-order chi connectivity index (χ1) is 20.0. The second-order valence-corrected chi connectivity index (χ2v) is 13.1. The van der Waals surface area contributed by atoms with E-state index >= 15 is 0 Å². The summed E-state index contributed by atoms with van der Waals surface area (Å²) in [6.45, 7) is 2.85. The molecule has 1 fully saturated rings. The minimum absolute atomic E-state index is 0.0145. The van der Waals surface area contributed by atoms with Crippen LogP contribution < -0.4 is 14.4 Å². The molecule has 0 spiro atoms. The van der Waals surface area contributed by atoms with Gasteiger partial charge in [-0.15, -0.1) is 0 Å². The summed E-state index contributed by atoms with van der Waals surface area (Å²) >= 11 is 12.6. The molecule has 1 aliphatic rings. The maximum absolute atomic E-state index is 14.2. The normalized spacial score (nSPS) is 14.3. The quantitative estimate of drug-likeness (QED) is 0.281. The molecular weight excluding hydrogens is 597 g/mol. The van der Waals surface area contributed by atoms with Crippen molar-refractivity contribution < 1.29 is 22.7 Å². The van der Waals surface area contributed by atoms with E-state index in [-0.39, 0.29) is 34.8 Å². The molecule has 224 valence electrons. The third-order valence-electron chi connectivity index (χ3n) is 7.44. The standard InChI is InChI=1S/C31H35Cl2N3O5S/c1-21-13-16-29(41-3)28(17-21)36(42(39,40)26-11-5-4-6-12-26)20-30(37)35(19-23-14-15-24(32)18-27(23)33)22(2)31(38)34-25-9-7-8-10-25/h4-6,11-18,22,25H,7-10,19-20H2,1-3H3,(H,34,38). The van der Waals surface area contributed by atoms with Crippen LogP contribution in [0.5, 0.6) is 5.75 Å². The highest BCUT2D eigenvalue weighted by atomic mass is 35.5. The van der Waals surface area contributed by atoms with Crippen molar-refractivity contribution in [2.24, 2.45) is 0 Å². The second kappa shape index (κ2) is 13.8. The van der Waals surface area contributed by atoms with Crippen molar-refractivity contribution in [3.8, 4) is 5.75 Å². The molecule has 1 atom stereocenters. The van der Waals surface area contributed by atoms with Crippen molar-refractivity contribution in [3.63, 3.8) is 0 Å². The third kappa shape index (κ3) is 7.38. The van der Waals surface area contributed by atoms with Crippen molar-refractivity contribution in [2.75, 3.05) is 18.0 Å². The molecule has 42 heavy (non-hydrogen) atoms. The van der Waals surface area contributed by atoms with Gasteiger partial charge in [-0.05, 0) is 74.2 Å². The number of carbonyl (C=O) groups excluding carboxylic acids is 2. The van der Waals surface area contributed by atoms with E-state index in [0.29, 0.717) is 15.6 Å². The lowest BCUT2D eigenvalue weighted by Gasteiger charge is -2.33. The van der Waals surface area contributed by atoms with E-state index in [0.717, 1.165) is 35.6 Å². The van der Waals surface area contributed by atoms with Crippen LogP contribution in [0.3, 0.4) is 0 Å². The largest absolute Gasteiger partial charge is 0.495 e. The van der Waals surface area contributed by atoms with Crippen molar-refractivity contribution in [1.29, 1.82) is 0 Å². The molecule has 0 saturated heterocycles. The molecule has 1 N–H and O–H groups in total. The number of halogens is 2. The van der Waals surface area contributed by atoms with Gasteiger partial charge in [0.05, 0.1) is 17.7 Å². The van der Waals surface area contributed by atoms with Gasteiger partial charge in [0.1, 0.15) is 18.3 Å². The van der Waals surface area contributed by atoms with E-state index in [2.05, 4.69) is 5.32 Å². The van der Waals surface area contributed by atoms with E-state index in [1.165, 1.54) is 24.1 Å². The predicted molar refractivity (Wildman–Crippen MR) is 166 cm³/mol. The molecule has 0 heterocycles. The summed E-state index contributed by atoms with van der Waals surface area (Å²) in [4.78, 5) is 28.9. The van der Waals surface area contributed by atoms with Crippen LogP contribution in [-0.2, 0) is 26.2 Å². The maximum atomic E-state index is 14.2. The Morgan fingerprint density at radius 2 is 1.71 bits per heavy atom. The Morgan fingerprint density at radius 3 is 2.36 bits per heavy atom. The van der Waals surface area contributed by atoms with Crippen LogP contribution in [0.4, 0.5) is 5.69 Å². The smallest absolute Gasteiger partial charge is 0.264 e. The van der Waals surface area contributed by atoms with Gasteiger partial charge in [0, 0.05) is 22.6 Å². The van der Waals surface area contributed by atoms with Crippen molar-refractivity contribution >= 4 is 50.7 Å². The van der Waals surface area contributed by atoms with E-state index in [9.17, 15) is 18.0 Å². The van der Waals surface area contributed by atoms with Gasteiger partial charge in [-0.25, -0.2) is 8.42 Å². The first-order valence-electron chi connectivity index (χ1n) is 13.8. The average molecular weight is 633 g/mol. The molecule has 8 nitrogen and oxygen atoms in total. The monoisotopic (exact) mass is 631 g/mol. The van der Waals surface area contributed by atoms with Crippen LogP contribution in [0.1, 0.15) is 43.7 Å². The minimum Gasteiger partial charge on any atom is -0.495 e. The number of sulfonamides is 1. The van der Waals surface area contributed by atoms with Crippen molar-refractivity contribution in [2.45, 2.75) is 63.1 Å². The van der Waals surface area contributed by atoms with Crippen LogP contribution in [0.15, 0.2) is 71.6 Å². The highest BCUT2D eigenvalue weighted by Crippen LogP contribution is 2.34. The number of nitrogens with zero attached hydrogens (tertiary/aromatic N) is 2. The van der Waals surface area contributed by atoms with Crippen LogP contribution >= 0.6 is 23.2 Å². The van der Waals surface area contributed by atoms with Crippen molar-refractivity contribution in [3.05, 3.63) is 87.9 Å². The molecule has 0 aliphatic heterocycles. The summed E-state index contributed by atoms with van der Waals surface area (Å²) in [7, 11) is -2.78. The number of anilines is 1. The minimum atomic E-state index is -4.22. The molecule has 2 amide bonds. The second-order valence-electron chi connectivity index (χ2n) is 10.4. The number of nitrogens with one attached hydrogen (secondary N) is 1. The highest BCUT2D eigenvalue weighted by molar-refractivity contribution is 7.92. The number of methoxy groups -OCH3 is 1. The average Bonchev–Trinajstić information content (AvgIpc) is 3.48. The number of benzene rings is 3. The lowest BCUT2D eigenvalue weighted by atomic mass is 10.1. The lowest BCUT2D eigenvalue weighted by molar-refractivity contribution is -0.139. The Morgan fingerprint density at radius 1 is 1.02 bits per heavy atom. The Bertz CT molecular complexity index is 1530. The highest BCUT2D eigenvalue weighted by Gasteiger charge is 2.34. The molecule has 3 aromatic rings. The van der Waals surface area contributed by atoms with Crippen LogP contribution in [0.2, 0.25) is 10.0 Å². The van der Waals surface area contributed by atoms with E-state index < -0.39 is 28.5 Å². The van der Waals surface area contributed by atoms with Crippen molar-refractivity contribution in [1.82, 2.24) is 10.2 Å². The summed E-state index contributed by atoms with van der Waals surface area (Å²) < 4.78 is 34.6. The van der Waals surface area contributed by atoms with E-state index in [1.54, 1.807) is 61.5 Å². The zero-order chi connectivity index (χ0) is 30.4. The molecule has 1 aliphatic carbocycles. The number of carbonyl (C=O) groups is 2. The van der Waals surface area contributed by atoms with Gasteiger partial charge in [-0.1, -0.05) is 66.4 Å². The zero-order valence-electron chi connectivity index (χ0n) is 23.8. The summed E-state index contributed by atoms with van der Waals surface area (Å²) in [6.07, 6.45) is 3.83. The zero-order valence-corrected chi connectivity index (χ0v) is 26.2. The van der Waals surface area contributed by atoms with Gasteiger partial charge < -0.3 is 15.0 Å². The molecule has 0 radical (unpaired) electrons. The lowest BCUT2D eigenvalue weighted by Crippen LogP contribution is -2.52. The predicted octanol–water partition coefficient (Wildman–Crippen LogP) is 5.98. The summed E-state index contributed by atoms with van der Waals surface area (Å²) in [5.74, 6) is -0.615. The summed E-state index contributed by atoms with van der Waals surface area (Å²) in [5, 5.41) is 3.81. The molecule has 0 bridgehead atoms. The number of rotatable bonds is 11. The number of hydrogen-bond donors (Lipinski definition) is 1. The third-order valence-corrected chi connectivity index (χ3v) is 9.80. The van der Waals surface area contributed by atoms with Gasteiger partial charge in [0.25, 0.3) is 10.0 Å². The number of aryl methyl sites for hydroxylation is 1. The summed E-state index contributed by atoms with van der Waals surface area (Å²) in [6, 6.07) is 17.0. The van der Waals surface area contributed by atoms with Gasteiger partial charge in [0.2, 0.25) is 11.8 Å². The van der Waals surface area contributed by atoms with Crippen LogP contribution in [-0.4, -0.2) is 50.9 Å². The molecule has 1 unspecified atom stereocenters. The Balaban J connectivity index is 1.75. The van der Waals surface area contributed by atoms with Gasteiger partial charge in [-0.3, -0.25) is 13.9 Å². The number of hydrogen-bond acceptors (Lipinski definition) is 5. The van der Waals surface area contributed by atoms with E-state index in [1.807, 2.05) is 6.92 Å². The Labute approximate surface area is 257 Å². The van der Waals surface area contributed by atoms with Gasteiger partial charge in [0.15, 0.2) is 0 Å². The fourth-order valence-corrected chi connectivity index (χ4v) is 6.94. The molecule has 1 saturated carbocycles. The fourth-order valence-electron chi connectivity index (χ4n) is 5.04. The Kier molecular flexibility index (Phi) is 10.4. The number of amides is 2. The van der Waals surface area contributed by atoms with Gasteiger partial charge in [-0.2, -0.15) is 0 Å². The topological polar surface area (TPSA) is 96.0 Å². The molecule has 4 rings (SSSR count). The first-order valence-corrected chi connectivity index (χ1v) is 16.0. The SMILES string of the molecule is COc1ccc(C)cc1N(CC(=O)N(Cc1ccc(Cl)cc1Cl)C(C)C(=O)NC1CCCC1)S(=O)(=O)c1ccccc1. The molecule has 11 heteroatoms. The van der Waals surface area contributed by atoms with Crippen LogP contribution in [0.25, 0.3) is 0 Å². The molecule has 3 aromatic carbocycles. The van der Waals surface area contributed by atoms with Gasteiger partial charge >= 0.3 is 0 Å².